The van der Waals surface area contributed by atoms with Gasteiger partial charge >= 0.3 is 0 Å². The van der Waals surface area contributed by atoms with Crippen LogP contribution in [0.15, 0.2) is 66.7 Å². The summed E-state index contributed by atoms with van der Waals surface area (Å²) < 4.78 is 0. The Morgan fingerprint density at radius 3 is 2.20 bits per heavy atom. The third kappa shape index (κ3) is 5.28. The lowest BCUT2D eigenvalue weighted by atomic mass is 9.95. The molecule has 3 rings (SSSR count). The first kappa shape index (κ1) is 21.6. The molecular formula is C25H25ClN2O2. The lowest BCUT2D eigenvalue weighted by molar-refractivity contribution is -0.117. The van der Waals surface area contributed by atoms with Gasteiger partial charge in [0.2, 0.25) is 5.91 Å². The van der Waals surface area contributed by atoms with E-state index >= 15 is 0 Å². The van der Waals surface area contributed by atoms with E-state index in [1.54, 1.807) is 18.2 Å². The Morgan fingerprint density at radius 1 is 0.900 bits per heavy atom. The molecule has 4 nitrogen and oxygen atoms in total. The van der Waals surface area contributed by atoms with Gasteiger partial charge in [-0.1, -0.05) is 54.9 Å². The van der Waals surface area contributed by atoms with Gasteiger partial charge in [-0.15, -0.1) is 0 Å². The van der Waals surface area contributed by atoms with Crippen molar-refractivity contribution in [2.24, 2.45) is 0 Å². The summed E-state index contributed by atoms with van der Waals surface area (Å²) in [5.74, 6) is -0.713. The predicted molar refractivity (Wildman–Crippen MR) is 123 cm³/mol. The summed E-state index contributed by atoms with van der Waals surface area (Å²) in [4.78, 5) is 25.6. The van der Waals surface area contributed by atoms with Crippen molar-refractivity contribution < 1.29 is 9.59 Å². The molecule has 5 heteroatoms. The first-order chi connectivity index (χ1) is 14.4. The molecule has 30 heavy (non-hydrogen) atoms. The van der Waals surface area contributed by atoms with Gasteiger partial charge in [-0.05, 0) is 67.3 Å². The van der Waals surface area contributed by atoms with Gasteiger partial charge in [0.15, 0.2) is 0 Å². The van der Waals surface area contributed by atoms with Crippen LogP contribution < -0.4 is 10.6 Å². The zero-order valence-electron chi connectivity index (χ0n) is 17.3. The quantitative estimate of drug-likeness (QED) is 0.488. The number of halogens is 1. The molecule has 0 aliphatic carbocycles. The number of aryl methyl sites for hydroxylation is 2. The maximum atomic E-state index is 12.9. The average Bonchev–Trinajstić information content (AvgIpc) is 2.70. The number of anilines is 2. The van der Waals surface area contributed by atoms with Crippen LogP contribution in [0, 0.1) is 13.8 Å². The van der Waals surface area contributed by atoms with E-state index in [0.717, 1.165) is 22.4 Å². The van der Waals surface area contributed by atoms with E-state index in [1.165, 1.54) is 0 Å². The van der Waals surface area contributed by atoms with Crippen molar-refractivity contribution >= 4 is 34.8 Å². The summed E-state index contributed by atoms with van der Waals surface area (Å²) in [6, 6.07) is 20.4. The molecule has 2 amide bonds. The Labute approximate surface area is 182 Å². The molecule has 0 fully saturated rings. The van der Waals surface area contributed by atoms with Crippen LogP contribution in [-0.2, 0) is 4.79 Å². The van der Waals surface area contributed by atoms with Gasteiger partial charge in [-0.3, -0.25) is 9.59 Å². The molecule has 1 atom stereocenters. The van der Waals surface area contributed by atoms with E-state index in [1.807, 2.05) is 69.3 Å². The molecule has 3 aromatic rings. The Bertz CT molecular complexity index is 1040. The van der Waals surface area contributed by atoms with Crippen LogP contribution in [0.4, 0.5) is 11.4 Å². The molecule has 0 aromatic heterocycles. The van der Waals surface area contributed by atoms with Crippen molar-refractivity contribution in [3.63, 3.8) is 0 Å². The van der Waals surface area contributed by atoms with Crippen molar-refractivity contribution in [2.45, 2.75) is 33.1 Å². The van der Waals surface area contributed by atoms with E-state index < -0.39 is 0 Å². The molecule has 3 aromatic carbocycles. The van der Waals surface area contributed by atoms with Crippen molar-refractivity contribution in [1.82, 2.24) is 0 Å². The second-order valence-electron chi connectivity index (χ2n) is 7.39. The molecule has 0 aliphatic heterocycles. The van der Waals surface area contributed by atoms with E-state index in [-0.39, 0.29) is 17.7 Å². The van der Waals surface area contributed by atoms with Crippen LogP contribution in [0.3, 0.4) is 0 Å². The van der Waals surface area contributed by atoms with Crippen LogP contribution >= 0.6 is 11.6 Å². The van der Waals surface area contributed by atoms with Crippen molar-refractivity contribution in [2.75, 3.05) is 10.6 Å². The van der Waals surface area contributed by atoms with Crippen molar-refractivity contribution in [1.29, 1.82) is 0 Å². The van der Waals surface area contributed by atoms with Gasteiger partial charge in [0, 0.05) is 11.3 Å². The summed E-state index contributed by atoms with van der Waals surface area (Å²) in [6.45, 7) is 5.93. The number of carbonyl (C=O) groups excluding carboxylic acids is 2. The van der Waals surface area contributed by atoms with Crippen LogP contribution in [0.1, 0.15) is 46.3 Å². The monoisotopic (exact) mass is 420 g/mol. The van der Waals surface area contributed by atoms with Crippen LogP contribution in [0.2, 0.25) is 5.02 Å². The van der Waals surface area contributed by atoms with Gasteiger partial charge in [0.25, 0.3) is 5.91 Å². The van der Waals surface area contributed by atoms with Crippen LogP contribution in [0.25, 0.3) is 0 Å². The van der Waals surface area contributed by atoms with Crippen LogP contribution in [-0.4, -0.2) is 11.8 Å². The first-order valence-electron chi connectivity index (χ1n) is 9.92. The topological polar surface area (TPSA) is 58.2 Å². The standard InChI is InChI=1S/C25H25ClN2O2/c1-4-21(18-8-6-5-7-9-18)25(30)28-23-15-19(10-11-22(23)26)24(29)27-20-13-16(2)12-17(3)14-20/h5-15,21H,4H2,1-3H3,(H,27,29)(H,28,30)/t21-/m1/s1. The van der Waals surface area contributed by atoms with E-state index in [2.05, 4.69) is 10.6 Å². The van der Waals surface area contributed by atoms with E-state index in [4.69, 9.17) is 11.6 Å². The molecule has 2 N–H and O–H groups in total. The molecule has 0 bridgehead atoms. The van der Waals surface area contributed by atoms with E-state index in [0.29, 0.717) is 22.7 Å². The zero-order valence-corrected chi connectivity index (χ0v) is 18.1. The average molecular weight is 421 g/mol. The number of hydrogen-bond acceptors (Lipinski definition) is 2. The Hall–Kier alpha value is -3.11. The smallest absolute Gasteiger partial charge is 0.255 e. The summed E-state index contributed by atoms with van der Waals surface area (Å²) in [5.41, 5.74) is 4.65. The maximum Gasteiger partial charge on any atom is 0.255 e. The largest absolute Gasteiger partial charge is 0.324 e. The zero-order chi connectivity index (χ0) is 21.7. The molecule has 0 saturated carbocycles. The highest BCUT2D eigenvalue weighted by atomic mass is 35.5. The van der Waals surface area contributed by atoms with Crippen molar-refractivity contribution in [3.8, 4) is 0 Å². The molecular weight excluding hydrogens is 396 g/mol. The maximum absolute atomic E-state index is 12.9. The minimum absolute atomic E-state index is 0.155. The number of rotatable bonds is 6. The number of hydrogen-bond donors (Lipinski definition) is 2. The van der Waals surface area contributed by atoms with Crippen LogP contribution in [0.5, 0.6) is 0 Å². The number of nitrogens with one attached hydrogen (secondary N) is 2. The van der Waals surface area contributed by atoms with Gasteiger partial charge in [0.05, 0.1) is 16.6 Å². The third-order valence-corrected chi connectivity index (χ3v) is 5.22. The first-order valence-corrected chi connectivity index (χ1v) is 10.3. The summed E-state index contributed by atoms with van der Waals surface area (Å²) in [7, 11) is 0. The van der Waals surface area contributed by atoms with E-state index in [9.17, 15) is 9.59 Å². The van der Waals surface area contributed by atoms with Gasteiger partial charge < -0.3 is 10.6 Å². The minimum atomic E-state index is -0.296. The van der Waals surface area contributed by atoms with Gasteiger partial charge in [-0.2, -0.15) is 0 Å². The summed E-state index contributed by atoms with van der Waals surface area (Å²) in [6.07, 6.45) is 0.653. The van der Waals surface area contributed by atoms with Gasteiger partial charge in [0.1, 0.15) is 0 Å². The molecule has 0 radical (unpaired) electrons. The number of benzene rings is 3. The molecule has 0 spiro atoms. The molecule has 0 heterocycles. The number of amides is 2. The fourth-order valence-electron chi connectivity index (χ4n) is 3.49. The lowest BCUT2D eigenvalue weighted by Gasteiger charge is -2.17. The summed E-state index contributed by atoms with van der Waals surface area (Å²) >= 11 is 6.29. The fraction of sp³-hybridized carbons (Fsp3) is 0.200. The predicted octanol–water partition coefficient (Wildman–Crippen LogP) is 6.34. The highest BCUT2D eigenvalue weighted by Crippen LogP contribution is 2.27. The number of carbonyl (C=O) groups is 2. The molecule has 0 unspecified atom stereocenters. The fourth-order valence-corrected chi connectivity index (χ4v) is 3.65. The Morgan fingerprint density at radius 2 is 1.57 bits per heavy atom. The molecule has 0 saturated heterocycles. The minimum Gasteiger partial charge on any atom is -0.324 e. The summed E-state index contributed by atoms with van der Waals surface area (Å²) in [5, 5.41) is 6.17. The highest BCUT2D eigenvalue weighted by Gasteiger charge is 2.20. The molecule has 154 valence electrons. The second-order valence-corrected chi connectivity index (χ2v) is 7.79. The highest BCUT2D eigenvalue weighted by molar-refractivity contribution is 6.34. The SMILES string of the molecule is CC[C@@H](C(=O)Nc1cc(C(=O)Nc2cc(C)cc(C)c2)ccc1Cl)c1ccccc1. The normalized spacial score (nSPS) is 11.6. The Balaban J connectivity index is 1.79. The second kappa shape index (κ2) is 9.59. The van der Waals surface area contributed by atoms with Crippen molar-refractivity contribution in [3.05, 3.63) is 94.0 Å². The third-order valence-electron chi connectivity index (χ3n) is 4.89. The Kier molecular flexibility index (Phi) is 6.91. The van der Waals surface area contributed by atoms with Gasteiger partial charge in [-0.25, -0.2) is 0 Å². The molecule has 0 aliphatic rings. The lowest BCUT2D eigenvalue weighted by Crippen LogP contribution is -2.21.